The number of hydrogen-bond acceptors (Lipinski definition) is 3. The van der Waals surface area contributed by atoms with E-state index < -0.39 is 0 Å². The summed E-state index contributed by atoms with van der Waals surface area (Å²) >= 11 is 4.75. The first-order chi connectivity index (χ1) is 10.6. The van der Waals surface area contributed by atoms with Crippen LogP contribution in [0.15, 0.2) is 40.9 Å². The molecular formula is C16H8BrFN2OS. The molecule has 0 bridgehead atoms. The molecule has 0 spiro atoms. The van der Waals surface area contributed by atoms with Crippen LogP contribution >= 0.6 is 27.3 Å². The van der Waals surface area contributed by atoms with Gasteiger partial charge in [0.25, 0.3) is 5.91 Å². The van der Waals surface area contributed by atoms with E-state index >= 15 is 0 Å². The van der Waals surface area contributed by atoms with Gasteiger partial charge in [-0.05, 0) is 36.4 Å². The molecule has 1 aromatic heterocycles. The Labute approximate surface area is 137 Å². The summed E-state index contributed by atoms with van der Waals surface area (Å²) < 4.78 is 14.9. The summed E-state index contributed by atoms with van der Waals surface area (Å²) in [7, 11) is 0. The van der Waals surface area contributed by atoms with Gasteiger partial charge in [-0.25, -0.2) is 9.37 Å². The second-order valence-corrected chi connectivity index (χ2v) is 6.84. The predicted octanol–water partition coefficient (Wildman–Crippen LogP) is 4.69. The Bertz CT molecular complexity index is 964. The third kappa shape index (κ3) is 2.24. The van der Waals surface area contributed by atoms with Crippen LogP contribution in [0.2, 0.25) is 0 Å². The van der Waals surface area contributed by atoms with Gasteiger partial charge in [-0.1, -0.05) is 22.0 Å². The molecule has 108 valence electrons. The highest BCUT2D eigenvalue weighted by molar-refractivity contribution is 9.10. The number of rotatable bonds is 1. The van der Waals surface area contributed by atoms with Crippen LogP contribution in [0, 0.1) is 5.82 Å². The molecule has 0 atom stereocenters. The van der Waals surface area contributed by atoms with Crippen molar-refractivity contribution in [2.75, 3.05) is 5.32 Å². The number of carbonyl (C=O) groups is 1. The summed E-state index contributed by atoms with van der Waals surface area (Å²) in [5, 5.41) is 3.51. The number of amides is 1. The van der Waals surface area contributed by atoms with Gasteiger partial charge in [0.15, 0.2) is 0 Å². The second kappa shape index (κ2) is 5.00. The van der Waals surface area contributed by atoms with Gasteiger partial charge in [-0.3, -0.25) is 4.79 Å². The Morgan fingerprint density at radius 3 is 2.95 bits per heavy atom. The van der Waals surface area contributed by atoms with Crippen molar-refractivity contribution >= 4 is 60.7 Å². The monoisotopic (exact) mass is 374 g/mol. The summed E-state index contributed by atoms with van der Waals surface area (Å²) in [5.74, 6) is -0.442. The molecule has 3 aromatic rings. The third-order valence-corrected chi connectivity index (χ3v) is 4.86. The van der Waals surface area contributed by atoms with Gasteiger partial charge >= 0.3 is 0 Å². The first-order valence-electron chi connectivity index (χ1n) is 6.49. The van der Waals surface area contributed by atoms with Crippen molar-refractivity contribution < 1.29 is 9.18 Å². The van der Waals surface area contributed by atoms with Crippen LogP contribution in [0.25, 0.3) is 21.9 Å². The molecule has 4 rings (SSSR count). The molecule has 0 radical (unpaired) electrons. The van der Waals surface area contributed by atoms with Crippen molar-refractivity contribution in [3.05, 3.63) is 57.3 Å². The summed E-state index contributed by atoms with van der Waals surface area (Å²) in [5.41, 5.74) is 2.92. The largest absolute Gasteiger partial charge is 0.321 e. The Kier molecular flexibility index (Phi) is 3.09. The molecule has 2 aromatic carbocycles. The fraction of sp³-hybridized carbons (Fsp3) is 0. The minimum atomic E-state index is -0.288. The first-order valence-corrected chi connectivity index (χ1v) is 8.10. The minimum absolute atomic E-state index is 0.154. The molecule has 3 nitrogen and oxygen atoms in total. The summed E-state index contributed by atoms with van der Waals surface area (Å²) in [6.45, 7) is 0. The lowest BCUT2D eigenvalue weighted by molar-refractivity contribution is -0.110. The van der Waals surface area contributed by atoms with Crippen LogP contribution in [0.5, 0.6) is 0 Å². The Morgan fingerprint density at radius 2 is 2.09 bits per heavy atom. The molecule has 0 saturated carbocycles. The molecule has 0 unspecified atom stereocenters. The van der Waals surface area contributed by atoms with E-state index in [1.807, 2.05) is 18.2 Å². The molecule has 2 heterocycles. The molecule has 1 aliphatic heterocycles. The van der Waals surface area contributed by atoms with Crippen molar-refractivity contribution in [2.24, 2.45) is 0 Å². The third-order valence-electron chi connectivity index (χ3n) is 3.40. The number of thiazole rings is 1. The van der Waals surface area contributed by atoms with Gasteiger partial charge < -0.3 is 5.32 Å². The molecular weight excluding hydrogens is 367 g/mol. The van der Waals surface area contributed by atoms with Crippen molar-refractivity contribution in [2.45, 2.75) is 0 Å². The zero-order valence-corrected chi connectivity index (χ0v) is 13.5. The van der Waals surface area contributed by atoms with Crippen LogP contribution in [-0.4, -0.2) is 10.9 Å². The standard InChI is InChI=1S/C16H8BrFN2OS/c17-8-1-3-10-11(16(21)20-13(10)5-8)7-15-19-12-4-2-9(18)6-14(12)22-15/h1-7H,(H,20,21)/b11-7-. The van der Waals surface area contributed by atoms with Crippen molar-refractivity contribution in [3.63, 3.8) is 0 Å². The summed E-state index contributed by atoms with van der Waals surface area (Å²) in [6.07, 6.45) is 1.75. The normalized spacial score (nSPS) is 15.4. The number of benzene rings is 2. The van der Waals surface area contributed by atoms with Gasteiger partial charge in [0, 0.05) is 10.0 Å². The van der Waals surface area contributed by atoms with Gasteiger partial charge in [0.05, 0.1) is 21.5 Å². The van der Waals surface area contributed by atoms with Gasteiger partial charge in [0.2, 0.25) is 0 Å². The van der Waals surface area contributed by atoms with Crippen LogP contribution in [0.4, 0.5) is 10.1 Å². The van der Waals surface area contributed by atoms with E-state index in [-0.39, 0.29) is 11.7 Å². The first kappa shape index (κ1) is 13.6. The van der Waals surface area contributed by atoms with Crippen molar-refractivity contribution in [3.8, 4) is 0 Å². The number of nitrogens with zero attached hydrogens (tertiary/aromatic N) is 1. The van der Waals surface area contributed by atoms with E-state index in [0.29, 0.717) is 10.6 Å². The fourth-order valence-electron chi connectivity index (χ4n) is 2.41. The highest BCUT2D eigenvalue weighted by atomic mass is 79.9. The molecule has 6 heteroatoms. The number of aromatic nitrogens is 1. The SMILES string of the molecule is O=C1Nc2cc(Br)ccc2/C1=C/c1nc2ccc(F)cc2s1. The van der Waals surface area contributed by atoms with Crippen LogP contribution in [-0.2, 0) is 4.79 Å². The van der Waals surface area contributed by atoms with E-state index in [1.54, 1.807) is 12.1 Å². The number of fused-ring (bicyclic) bond motifs is 2. The van der Waals surface area contributed by atoms with Crippen molar-refractivity contribution in [1.29, 1.82) is 0 Å². The molecule has 1 aliphatic rings. The molecule has 1 N–H and O–H groups in total. The lowest BCUT2D eigenvalue weighted by Gasteiger charge is -1.97. The Morgan fingerprint density at radius 1 is 1.23 bits per heavy atom. The number of halogens is 2. The molecule has 0 saturated heterocycles. The highest BCUT2D eigenvalue weighted by Gasteiger charge is 2.24. The lowest BCUT2D eigenvalue weighted by Crippen LogP contribution is -2.03. The van der Waals surface area contributed by atoms with E-state index in [0.717, 1.165) is 25.9 Å². The average Bonchev–Trinajstić information content (AvgIpc) is 2.99. The van der Waals surface area contributed by atoms with Crippen LogP contribution in [0.1, 0.15) is 10.6 Å². The average molecular weight is 375 g/mol. The maximum absolute atomic E-state index is 13.2. The van der Waals surface area contributed by atoms with Crippen molar-refractivity contribution in [1.82, 2.24) is 4.98 Å². The van der Waals surface area contributed by atoms with Gasteiger partial charge in [-0.15, -0.1) is 11.3 Å². The number of hydrogen-bond donors (Lipinski definition) is 1. The Hall–Kier alpha value is -2.05. The number of anilines is 1. The summed E-state index contributed by atoms with van der Waals surface area (Å²) in [6, 6.07) is 10.1. The van der Waals surface area contributed by atoms with E-state index in [9.17, 15) is 9.18 Å². The van der Waals surface area contributed by atoms with Gasteiger partial charge in [-0.2, -0.15) is 0 Å². The quantitative estimate of drug-likeness (QED) is 0.627. The second-order valence-electron chi connectivity index (χ2n) is 4.87. The number of carbonyl (C=O) groups excluding carboxylic acids is 1. The predicted molar refractivity (Wildman–Crippen MR) is 90.2 cm³/mol. The van der Waals surface area contributed by atoms with E-state index in [2.05, 4.69) is 26.2 Å². The maximum Gasteiger partial charge on any atom is 0.256 e. The van der Waals surface area contributed by atoms with E-state index in [1.165, 1.54) is 23.5 Å². The molecule has 0 aliphatic carbocycles. The Balaban J connectivity index is 1.83. The smallest absolute Gasteiger partial charge is 0.256 e. The summed E-state index contributed by atoms with van der Waals surface area (Å²) in [4.78, 5) is 16.6. The van der Waals surface area contributed by atoms with Crippen LogP contribution in [0.3, 0.4) is 0 Å². The zero-order valence-electron chi connectivity index (χ0n) is 11.1. The van der Waals surface area contributed by atoms with Gasteiger partial charge in [0.1, 0.15) is 10.8 Å². The maximum atomic E-state index is 13.2. The fourth-order valence-corrected chi connectivity index (χ4v) is 3.71. The number of nitrogens with one attached hydrogen (secondary N) is 1. The van der Waals surface area contributed by atoms with Crippen LogP contribution < -0.4 is 5.32 Å². The van der Waals surface area contributed by atoms with E-state index in [4.69, 9.17) is 0 Å². The minimum Gasteiger partial charge on any atom is -0.321 e. The molecule has 0 fully saturated rings. The molecule has 1 amide bonds. The topological polar surface area (TPSA) is 42.0 Å². The highest BCUT2D eigenvalue weighted by Crippen LogP contribution is 2.36. The molecule has 22 heavy (non-hydrogen) atoms. The lowest BCUT2D eigenvalue weighted by atomic mass is 10.1. The zero-order chi connectivity index (χ0) is 15.3.